The van der Waals surface area contributed by atoms with E-state index >= 15 is 0 Å². The number of carbonyl (C=O) groups is 1. The number of rotatable bonds is 7. The fourth-order valence-electron chi connectivity index (χ4n) is 3.18. The summed E-state index contributed by atoms with van der Waals surface area (Å²) in [6, 6.07) is 13.5. The molecule has 0 amide bonds. The highest BCUT2D eigenvalue weighted by Gasteiger charge is 2.19. The highest BCUT2D eigenvalue weighted by Crippen LogP contribution is 2.24. The largest absolute Gasteiger partial charge is 0.497 e. The lowest BCUT2D eigenvalue weighted by molar-refractivity contribution is 0.0695. The van der Waals surface area contributed by atoms with E-state index in [4.69, 9.17) is 9.47 Å². The van der Waals surface area contributed by atoms with Crippen LogP contribution >= 0.6 is 0 Å². The molecular formula is C23H24N2O4. The minimum atomic E-state index is -0.945. The molecule has 0 radical (unpaired) electrons. The van der Waals surface area contributed by atoms with E-state index < -0.39 is 5.97 Å². The molecule has 6 heteroatoms. The predicted molar refractivity (Wildman–Crippen MR) is 113 cm³/mol. The van der Waals surface area contributed by atoms with Crippen molar-refractivity contribution in [2.24, 2.45) is 0 Å². The molecule has 0 bridgehead atoms. The van der Waals surface area contributed by atoms with E-state index in [1.807, 2.05) is 61.5 Å². The van der Waals surface area contributed by atoms with Crippen LogP contribution in [0.3, 0.4) is 0 Å². The van der Waals surface area contributed by atoms with Gasteiger partial charge in [-0.15, -0.1) is 0 Å². The Morgan fingerprint density at radius 2 is 1.62 bits per heavy atom. The Morgan fingerprint density at radius 3 is 2.10 bits per heavy atom. The van der Waals surface area contributed by atoms with Crippen LogP contribution in [-0.4, -0.2) is 35.1 Å². The fourth-order valence-corrected chi connectivity index (χ4v) is 3.18. The average Bonchev–Trinajstić information content (AvgIpc) is 3.08. The normalized spacial score (nSPS) is 11.0. The number of benzene rings is 2. The number of ether oxygens (including phenoxy) is 2. The zero-order valence-electron chi connectivity index (χ0n) is 17.0. The summed E-state index contributed by atoms with van der Waals surface area (Å²) in [5, 5.41) is 13.9. The molecule has 6 nitrogen and oxygen atoms in total. The molecular weight excluding hydrogens is 368 g/mol. The molecule has 0 saturated carbocycles. The predicted octanol–water partition coefficient (Wildman–Crippen LogP) is 4.63. The third-order valence-corrected chi connectivity index (χ3v) is 4.72. The van der Waals surface area contributed by atoms with Crippen molar-refractivity contribution in [1.82, 2.24) is 9.78 Å². The molecule has 0 aliphatic carbocycles. The molecule has 0 spiro atoms. The molecule has 150 valence electrons. The van der Waals surface area contributed by atoms with Crippen molar-refractivity contribution in [3.05, 3.63) is 70.5 Å². The molecule has 3 rings (SSSR count). The van der Waals surface area contributed by atoms with Crippen LogP contribution in [0.25, 0.3) is 17.8 Å². The van der Waals surface area contributed by atoms with Crippen molar-refractivity contribution < 1.29 is 19.4 Å². The number of aromatic nitrogens is 2. The Balaban J connectivity index is 1.86. The fraction of sp³-hybridized carbons (Fsp3) is 0.217. The first-order valence-corrected chi connectivity index (χ1v) is 9.30. The van der Waals surface area contributed by atoms with Crippen LogP contribution in [0, 0.1) is 6.92 Å². The summed E-state index contributed by atoms with van der Waals surface area (Å²) in [5.41, 5.74) is 4.29. The summed E-state index contributed by atoms with van der Waals surface area (Å²) in [4.78, 5) is 11.5. The van der Waals surface area contributed by atoms with Crippen molar-refractivity contribution in [2.45, 2.75) is 20.3 Å². The van der Waals surface area contributed by atoms with Crippen LogP contribution in [-0.2, 0) is 6.42 Å². The summed E-state index contributed by atoms with van der Waals surface area (Å²) in [6.07, 6.45) is 4.55. The number of aromatic carboxylic acids is 1. The number of nitrogens with zero attached hydrogens (tertiary/aromatic N) is 2. The van der Waals surface area contributed by atoms with Crippen LogP contribution in [0.5, 0.6) is 11.5 Å². The zero-order valence-corrected chi connectivity index (χ0v) is 17.0. The average molecular weight is 392 g/mol. The molecule has 0 fully saturated rings. The van der Waals surface area contributed by atoms with Gasteiger partial charge in [0.15, 0.2) is 0 Å². The lowest BCUT2D eigenvalue weighted by atomic mass is 10.1. The smallest absolute Gasteiger partial charge is 0.339 e. The summed E-state index contributed by atoms with van der Waals surface area (Å²) in [5.74, 6) is 0.516. The summed E-state index contributed by atoms with van der Waals surface area (Å²) in [6.45, 7) is 3.68. The monoisotopic (exact) mass is 392 g/mol. The Morgan fingerprint density at radius 1 is 1.03 bits per heavy atom. The Bertz CT molecular complexity index is 1030. The third kappa shape index (κ3) is 4.32. The van der Waals surface area contributed by atoms with Crippen molar-refractivity contribution >= 4 is 18.1 Å². The zero-order chi connectivity index (χ0) is 21.0. The number of hydrogen-bond acceptors (Lipinski definition) is 4. The number of carboxylic acids is 1. The topological polar surface area (TPSA) is 73.6 Å². The molecule has 0 atom stereocenters. The first-order chi connectivity index (χ1) is 14.0. The van der Waals surface area contributed by atoms with Gasteiger partial charge in [-0.2, -0.15) is 5.10 Å². The van der Waals surface area contributed by atoms with Crippen LogP contribution < -0.4 is 9.47 Å². The van der Waals surface area contributed by atoms with Gasteiger partial charge in [-0.1, -0.05) is 31.2 Å². The van der Waals surface area contributed by atoms with Gasteiger partial charge in [-0.25, -0.2) is 9.48 Å². The quantitative estimate of drug-likeness (QED) is 0.594. The van der Waals surface area contributed by atoms with Gasteiger partial charge in [-0.05, 0) is 48.7 Å². The molecule has 0 unspecified atom stereocenters. The van der Waals surface area contributed by atoms with E-state index in [1.54, 1.807) is 25.8 Å². The van der Waals surface area contributed by atoms with Gasteiger partial charge in [0, 0.05) is 6.07 Å². The van der Waals surface area contributed by atoms with Gasteiger partial charge in [-0.3, -0.25) is 0 Å². The van der Waals surface area contributed by atoms with Crippen LogP contribution in [0.15, 0.2) is 42.5 Å². The maximum atomic E-state index is 11.5. The summed E-state index contributed by atoms with van der Waals surface area (Å²) < 4.78 is 12.3. The maximum absolute atomic E-state index is 11.5. The van der Waals surface area contributed by atoms with Gasteiger partial charge in [0.25, 0.3) is 0 Å². The second-order valence-corrected chi connectivity index (χ2v) is 6.55. The van der Waals surface area contributed by atoms with Crippen molar-refractivity contribution in [3.8, 4) is 17.2 Å². The molecule has 1 N–H and O–H groups in total. The molecule has 0 aliphatic rings. The number of hydrogen-bond donors (Lipinski definition) is 1. The van der Waals surface area contributed by atoms with Gasteiger partial charge in [0.05, 0.1) is 31.3 Å². The maximum Gasteiger partial charge on any atom is 0.339 e. The second kappa shape index (κ2) is 8.65. The van der Waals surface area contributed by atoms with E-state index in [-0.39, 0.29) is 5.56 Å². The number of carboxylic acid groups (broad SMARTS) is 1. The van der Waals surface area contributed by atoms with Gasteiger partial charge in [0.2, 0.25) is 0 Å². The number of methoxy groups -OCH3 is 2. The Hall–Kier alpha value is -3.54. The minimum Gasteiger partial charge on any atom is -0.497 e. The molecule has 2 aromatic carbocycles. The lowest BCUT2D eigenvalue weighted by Gasteiger charge is -2.06. The lowest BCUT2D eigenvalue weighted by Crippen LogP contribution is -2.02. The molecule has 1 aromatic heterocycles. The first-order valence-electron chi connectivity index (χ1n) is 9.30. The second-order valence-electron chi connectivity index (χ2n) is 6.55. The van der Waals surface area contributed by atoms with Crippen molar-refractivity contribution in [2.75, 3.05) is 14.2 Å². The van der Waals surface area contributed by atoms with Crippen molar-refractivity contribution in [3.63, 3.8) is 0 Å². The van der Waals surface area contributed by atoms with Crippen molar-refractivity contribution in [1.29, 1.82) is 0 Å². The van der Waals surface area contributed by atoms with Gasteiger partial charge >= 0.3 is 5.97 Å². The van der Waals surface area contributed by atoms with E-state index in [9.17, 15) is 9.90 Å². The van der Waals surface area contributed by atoms with Gasteiger partial charge in [0.1, 0.15) is 17.1 Å². The van der Waals surface area contributed by atoms with E-state index in [2.05, 4.69) is 5.10 Å². The molecule has 0 saturated heterocycles. The van der Waals surface area contributed by atoms with Crippen LogP contribution in [0.1, 0.15) is 39.8 Å². The third-order valence-electron chi connectivity index (χ3n) is 4.72. The molecule has 1 heterocycles. The molecule has 3 aromatic rings. The first kappa shape index (κ1) is 20.2. The van der Waals surface area contributed by atoms with Crippen LogP contribution in [0.2, 0.25) is 0 Å². The highest BCUT2D eigenvalue weighted by atomic mass is 16.5. The molecule has 29 heavy (non-hydrogen) atoms. The Kier molecular flexibility index (Phi) is 6.02. The number of aryl methyl sites for hydroxylation is 1. The highest BCUT2D eigenvalue weighted by molar-refractivity contribution is 5.90. The van der Waals surface area contributed by atoms with E-state index in [0.29, 0.717) is 17.8 Å². The van der Waals surface area contributed by atoms with Crippen LogP contribution in [0.4, 0.5) is 0 Å². The Labute approximate surface area is 170 Å². The summed E-state index contributed by atoms with van der Waals surface area (Å²) in [7, 11) is 3.25. The van der Waals surface area contributed by atoms with E-state index in [1.165, 1.54) is 0 Å². The minimum absolute atomic E-state index is 0.281. The van der Waals surface area contributed by atoms with Gasteiger partial charge < -0.3 is 14.6 Å². The van der Waals surface area contributed by atoms with E-state index in [0.717, 1.165) is 28.3 Å². The molecule has 0 aliphatic heterocycles. The standard InChI is InChI=1S/C23H24N2O4/c1-5-21-22(23(26)27)15(2)25(24-21)18-10-8-16(9-11-18)6-7-17-12-19(28-3)14-20(13-17)29-4/h6-14H,5H2,1-4H3,(H,26,27). The summed E-state index contributed by atoms with van der Waals surface area (Å²) >= 11 is 0. The SMILES string of the molecule is CCc1nn(-c2ccc(C=Cc3cc(OC)cc(OC)c3)cc2)c(C)c1C(=O)O.